The zero-order chi connectivity index (χ0) is 23.5. The van der Waals surface area contributed by atoms with Crippen molar-refractivity contribution in [3.05, 3.63) is 66.4 Å². The third-order valence-corrected chi connectivity index (χ3v) is 7.08. The molecule has 0 bridgehead atoms. The number of nitrogens with one attached hydrogen (secondary N) is 1. The fraction of sp³-hybridized carbons (Fsp3) is 0.444. The van der Waals surface area contributed by atoms with Crippen LogP contribution in [0.2, 0.25) is 0 Å². The first-order valence-corrected chi connectivity index (χ1v) is 12.4. The highest BCUT2D eigenvalue weighted by atomic mass is 16.2. The van der Waals surface area contributed by atoms with Crippen molar-refractivity contribution in [2.45, 2.75) is 51.4 Å². The molecule has 3 heterocycles. The Hall–Kier alpha value is -3.19. The Labute approximate surface area is 201 Å². The van der Waals surface area contributed by atoms with Crippen molar-refractivity contribution in [3.63, 3.8) is 0 Å². The van der Waals surface area contributed by atoms with E-state index in [9.17, 15) is 4.79 Å². The average molecular weight is 459 g/mol. The number of hydrogen-bond donors (Lipinski definition) is 1. The predicted octanol–water partition coefficient (Wildman–Crippen LogP) is 3.90. The first-order valence-electron chi connectivity index (χ1n) is 12.4. The summed E-state index contributed by atoms with van der Waals surface area (Å²) >= 11 is 0. The molecule has 0 spiro atoms. The maximum Gasteiger partial charge on any atom is 0.318 e. The number of carbonyl (C=O) groups excluding carboxylic acids is 1. The first kappa shape index (κ1) is 22.6. The van der Waals surface area contributed by atoms with E-state index in [0.717, 1.165) is 62.4 Å². The van der Waals surface area contributed by atoms with Gasteiger partial charge in [-0.3, -0.25) is 9.88 Å². The van der Waals surface area contributed by atoms with E-state index in [1.165, 1.54) is 5.56 Å². The number of anilines is 1. The predicted molar refractivity (Wildman–Crippen MR) is 136 cm³/mol. The highest BCUT2D eigenvalue weighted by molar-refractivity contribution is 5.77. The Kier molecular flexibility index (Phi) is 6.63. The van der Waals surface area contributed by atoms with Crippen molar-refractivity contribution in [1.82, 2.24) is 25.1 Å². The summed E-state index contributed by atoms with van der Waals surface area (Å²) in [5.41, 5.74) is 3.15. The molecule has 2 amide bonds. The minimum atomic E-state index is 0.0609. The van der Waals surface area contributed by atoms with Crippen LogP contribution < -0.4 is 10.2 Å². The molecule has 34 heavy (non-hydrogen) atoms. The molecule has 7 nitrogen and oxygen atoms in total. The highest BCUT2D eigenvalue weighted by Crippen LogP contribution is 2.23. The van der Waals surface area contributed by atoms with Gasteiger partial charge in [0.05, 0.1) is 17.2 Å². The summed E-state index contributed by atoms with van der Waals surface area (Å²) < 4.78 is 0. The summed E-state index contributed by atoms with van der Waals surface area (Å²) in [6.07, 6.45) is 3.84. The number of para-hydroxylation sites is 2. The van der Waals surface area contributed by atoms with Crippen LogP contribution >= 0.6 is 0 Å². The van der Waals surface area contributed by atoms with Gasteiger partial charge in [-0.25, -0.2) is 9.78 Å². The van der Waals surface area contributed by atoms with Crippen LogP contribution in [-0.2, 0) is 6.54 Å². The monoisotopic (exact) mass is 458 g/mol. The standard InChI is InChI=1S/C27H34N6O/c1-20-17-32(26-16-28-24-10-6-7-11-25(24)30-26)18-21(2)33(20)27(34)29-23-12-14-31(15-13-23)19-22-8-4-3-5-9-22/h3-11,16,20-21,23H,12-15,17-19H2,1-2H3,(H,29,34)/t20-,21+. The van der Waals surface area contributed by atoms with Gasteiger partial charge < -0.3 is 15.1 Å². The summed E-state index contributed by atoms with van der Waals surface area (Å²) in [4.78, 5) is 29.4. The molecular formula is C27H34N6O. The van der Waals surface area contributed by atoms with Crippen LogP contribution in [-0.4, -0.2) is 70.1 Å². The first-order chi connectivity index (χ1) is 16.6. The Morgan fingerprint density at radius 1 is 0.941 bits per heavy atom. The Morgan fingerprint density at radius 2 is 1.59 bits per heavy atom. The summed E-state index contributed by atoms with van der Waals surface area (Å²) in [5, 5.41) is 3.33. The second kappa shape index (κ2) is 9.97. The lowest BCUT2D eigenvalue weighted by atomic mass is 10.0. The molecule has 2 aliphatic heterocycles. The molecule has 0 aliphatic carbocycles. The van der Waals surface area contributed by atoms with Crippen LogP contribution in [0.15, 0.2) is 60.8 Å². The van der Waals surface area contributed by atoms with Crippen LogP contribution in [0.25, 0.3) is 11.0 Å². The van der Waals surface area contributed by atoms with Gasteiger partial charge in [0.15, 0.2) is 0 Å². The molecule has 5 rings (SSSR count). The van der Waals surface area contributed by atoms with Crippen molar-refractivity contribution in [1.29, 1.82) is 0 Å². The van der Waals surface area contributed by atoms with Crippen molar-refractivity contribution in [3.8, 4) is 0 Å². The Balaban J connectivity index is 1.15. The van der Waals surface area contributed by atoms with Crippen molar-refractivity contribution >= 4 is 22.9 Å². The van der Waals surface area contributed by atoms with Gasteiger partial charge >= 0.3 is 6.03 Å². The summed E-state index contributed by atoms with van der Waals surface area (Å²) in [6.45, 7) is 8.76. The number of carbonyl (C=O) groups is 1. The Bertz CT molecular complexity index is 1100. The van der Waals surface area contributed by atoms with E-state index in [1.807, 2.05) is 35.4 Å². The molecule has 2 aliphatic rings. The minimum absolute atomic E-state index is 0.0609. The SMILES string of the molecule is C[C@@H]1CN(c2cnc3ccccc3n2)C[C@H](C)N1C(=O)NC1CCN(Cc2ccccc2)CC1. The van der Waals surface area contributed by atoms with E-state index >= 15 is 0 Å². The number of aromatic nitrogens is 2. The molecule has 178 valence electrons. The van der Waals surface area contributed by atoms with Crippen molar-refractivity contribution < 1.29 is 4.79 Å². The van der Waals surface area contributed by atoms with Gasteiger partial charge in [-0.15, -0.1) is 0 Å². The molecule has 0 unspecified atom stereocenters. The lowest BCUT2D eigenvalue weighted by Gasteiger charge is -2.45. The summed E-state index contributed by atoms with van der Waals surface area (Å²) in [6, 6.07) is 19.0. The molecule has 7 heteroatoms. The van der Waals surface area contributed by atoms with E-state index in [4.69, 9.17) is 4.98 Å². The third-order valence-electron chi connectivity index (χ3n) is 7.08. The zero-order valence-electron chi connectivity index (χ0n) is 20.1. The van der Waals surface area contributed by atoms with E-state index in [0.29, 0.717) is 0 Å². The molecule has 2 saturated heterocycles. The van der Waals surface area contributed by atoms with Gasteiger partial charge in [0.25, 0.3) is 0 Å². The van der Waals surface area contributed by atoms with Gasteiger partial charge in [-0.05, 0) is 44.4 Å². The number of amides is 2. The average Bonchev–Trinajstić information content (AvgIpc) is 2.85. The van der Waals surface area contributed by atoms with Gasteiger partial charge in [0, 0.05) is 50.8 Å². The Morgan fingerprint density at radius 3 is 2.29 bits per heavy atom. The number of hydrogen-bond acceptors (Lipinski definition) is 5. The van der Waals surface area contributed by atoms with Crippen LogP contribution in [0.1, 0.15) is 32.3 Å². The molecule has 2 fully saturated rings. The molecule has 2 atom stereocenters. The van der Waals surface area contributed by atoms with E-state index in [2.05, 4.69) is 64.3 Å². The second-order valence-corrected chi connectivity index (χ2v) is 9.71. The number of urea groups is 1. The van der Waals surface area contributed by atoms with Gasteiger partial charge in [0.2, 0.25) is 0 Å². The van der Waals surface area contributed by atoms with Crippen LogP contribution in [0.3, 0.4) is 0 Å². The molecule has 0 saturated carbocycles. The molecule has 2 aromatic carbocycles. The largest absolute Gasteiger partial charge is 0.351 e. The number of fused-ring (bicyclic) bond motifs is 1. The van der Waals surface area contributed by atoms with Gasteiger partial charge in [-0.2, -0.15) is 0 Å². The van der Waals surface area contributed by atoms with Crippen molar-refractivity contribution in [2.24, 2.45) is 0 Å². The summed E-state index contributed by atoms with van der Waals surface area (Å²) in [7, 11) is 0. The molecule has 1 N–H and O–H groups in total. The maximum absolute atomic E-state index is 13.2. The number of piperidine rings is 1. The summed E-state index contributed by atoms with van der Waals surface area (Å²) in [5.74, 6) is 0.878. The quantitative estimate of drug-likeness (QED) is 0.642. The van der Waals surface area contributed by atoms with Crippen LogP contribution in [0.5, 0.6) is 0 Å². The lowest BCUT2D eigenvalue weighted by molar-refractivity contribution is 0.130. The molecular weight excluding hydrogens is 424 g/mol. The van der Waals surface area contributed by atoms with Crippen LogP contribution in [0.4, 0.5) is 10.6 Å². The topological polar surface area (TPSA) is 64.6 Å². The highest BCUT2D eigenvalue weighted by Gasteiger charge is 2.34. The fourth-order valence-corrected chi connectivity index (χ4v) is 5.34. The number of piperazine rings is 1. The number of nitrogens with zero attached hydrogens (tertiary/aromatic N) is 5. The zero-order valence-corrected chi connectivity index (χ0v) is 20.1. The van der Waals surface area contributed by atoms with Crippen molar-refractivity contribution in [2.75, 3.05) is 31.1 Å². The molecule has 1 aromatic heterocycles. The molecule has 0 radical (unpaired) electrons. The van der Waals surface area contributed by atoms with E-state index in [1.54, 1.807) is 0 Å². The smallest absolute Gasteiger partial charge is 0.318 e. The lowest BCUT2D eigenvalue weighted by Crippen LogP contribution is -2.62. The van der Waals surface area contributed by atoms with Crippen LogP contribution in [0, 0.1) is 0 Å². The maximum atomic E-state index is 13.2. The van der Waals surface area contributed by atoms with Gasteiger partial charge in [0.1, 0.15) is 5.82 Å². The number of benzene rings is 2. The van der Waals surface area contributed by atoms with E-state index < -0.39 is 0 Å². The number of rotatable bonds is 4. The third kappa shape index (κ3) is 4.99. The molecule has 3 aromatic rings. The van der Waals surface area contributed by atoms with Gasteiger partial charge in [-0.1, -0.05) is 42.5 Å². The normalized spacial score (nSPS) is 22.2. The second-order valence-electron chi connectivity index (χ2n) is 9.71. The minimum Gasteiger partial charge on any atom is -0.351 e. The number of likely N-dealkylation sites (tertiary alicyclic amines) is 1. The fourth-order valence-electron chi connectivity index (χ4n) is 5.34. The van der Waals surface area contributed by atoms with E-state index in [-0.39, 0.29) is 24.2 Å².